The second kappa shape index (κ2) is 9.17. The molecular weight excluding hydrogens is 388 g/mol. The molecule has 0 radical (unpaired) electrons. The van der Waals surface area contributed by atoms with Gasteiger partial charge >= 0.3 is 12.3 Å². The molecule has 0 bridgehead atoms. The number of ether oxygens (including phenoxy) is 2. The van der Waals surface area contributed by atoms with Crippen molar-refractivity contribution in [3.8, 4) is 11.5 Å². The monoisotopic (exact) mass is 410 g/mol. The summed E-state index contributed by atoms with van der Waals surface area (Å²) in [6, 6.07) is 12.3. The van der Waals surface area contributed by atoms with E-state index in [0.717, 1.165) is 34.2 Å². The minimum absolute atomic E-state index is 0.133. The van der Waals surface area contributed by atoms with E-state index in [0.29, 0.717) is 13.1 Å². The van der Waals surface area contributed by atoms with E-state index in [2.05, 4.69) is 10.3 Å². The number of aromatic amines is 1. The van der Waals surface area contributed by atoms with Crippen molar-refractivity contribution in [1.29, 1.82) is 0 Å². The lowest BCUT2D eigenvalue weighted by Gasteiger charge is -2.16. The number of hydrogen-bond acceptors (Lipinski definition) is 3. The summed E-state index contributed by atoms with van der Waals surface area (Å²) in [5.74, 6) is -3.25. The molecule has 2 aromatic carbocycles. The zero-order valence-corrected chi connectivity index (χ0v) is 15.9. The Morgan fingerprint density at radius 2 is 1.93 bits per heavy atom. The van der Waals surface area contributed by atoms with Gasteiger partial charge in [-0.1, -0.05) is 24.3 Å². The van der Waals surface area contributed by atoms with Gasteiger partial charge in [-0.15, -0.1) is 0 Å². The lowest BCUT2D eigenvalue weighted by atomic mass is 10.1. The third kappa shape index (κ3) is 5.20. The van der Waals surface area contributed by atoms with Crippen molar-refractivity contribution in [2.75, 3.05) is 20.3 Å². The largest absolute Gasteiger partial charge is 0.495 e. The molecular formula is C21H22F4N2O2. The average Bonchev–Trinajstić information content (AvgIpc) is 3.13. The molecule has 2 N–H and O–H groups in total. The predicted octanol–water partition coefficient (Wildman–Crippen LogP) is 4.79. The number of fused-ring (bicyclic) bond motifs is 1. The Balaban J connectivity index is 1.51. The summed E-state index contributed by atoms with van der Waals surface area (Å²) < 4.78 is 60.5. The quantitative estimate of drug-likeness (QED) is 0.373. The standard InChI is InChI=1S/C21H22F4N2O2/c1-28-18-7-3-6-17-15(12-27-19(17)18)8-9-26-11-14-4-2-5-16(10-14)29-13-21(24,25)20(22)23/h2-7,10,12,20,26-27H,8-9,11,13H2,1H3. The van der Waals surface area contributed by atoms with E-state index < -0.39 is 19.0 Å². The van der Waals surface area contributed by atoms with Crippen molar-refractivity contribution in [1.82, 2.24) is 10.3 Å². The van der Waals surface area contributed by atoms with Crippen LogP contribution in [0, 0.1) is 0 Å². The number of benzene rings is 2. The zero-order chi connectivity index (χ0) is 20.9. The summed E-state index contributed by atoms with van der Waals surface area (Å²) in [7, 11) is 1.63. The van der Waals surface area contributed by atoms with Crippen LogP contribution in [-0.2, 0) is 13.0 Å². The van der Waals surface area contributed by atoms with Crippen LogP contribution < -0.4 is 14.8 Å². The lowest BCUT2D eigenvalue weighted by Crippen LogP contribution is -2.33. The van der Waals surface area contributed by atoms with Gasteiger partial charge in [-0.05, 0) is 42.3 Å². The Hall–Kier alpha value is -2.74. The van der Waals surface area contributed by atoms with Gasteiger partial charge in [-0.25, -0.2) is 8.78 Å². The average molecular weight is 410 g/mol. The highest BCUT2D eigenvalue weighted by Gasteiger charge is 2.41. The number of hydrogen-bond donors (Lipinski definition) is 2. The SMILES string of the molecule is COc1cccc2c(CCNCc3cccc(OCC(F)(F)C(F)F)c3)c[nH]c12. The van der Waals surface area contributed by atoms with Crippen LogP contribution in [0.4, 0.5) is 17.6 Å². The maximum Gasteiger partial charge on any atom is 0.340 e. The molecule has 8 heteroatoms. The molecule has 156 valence electrons. The molecule has 0 aliphatic heterocycles. The lowest BCUT2D eigenvalue weighted by molar-refractivity contribution is -0.148. The number of methoxy groups -OCH3 is 1. The molecule has 0 atom stereocenters. The Morgan fingerprint density at radius 3 is 2.69 bits per heavy atom. The fraction of sp³-hybridized carbons (Fsp3) is 0.333. The second-order valence-corrected chi connectivity index (χ2v) is 6.62. The first-order valence-electron chi connectivity index (χ1n) is 9.12. The van der Waals surface area contributed by atoms with Crippen LogP contribution in [0.3, 0.4) is 0 Å². The van der Waals surface area contributed by atoms with Crippen molar-refractivity contribution < 1.29 is 27.0 Å². The predicted molar refractivity (Wildman–Crippen MR) is 103 cm³/mol. The van der Waals surface area contributed by atoms with Gasteiger partial charge in [0, 0.05) is 18.1 Å². The maximum atomic E-state index is 13.0. The summed E-state index contributed by atoms with van der Waals surface area (Å²) in [4.78, 5) is 3.22. The zero-order valence-electron chi connectivity index (χ0n) is 15.9. The molecule has 0 spiro atoms. The molecule has 0 saturated carbocycles. The third-order valence-corrected chi connectivity index (χ3v) is 4.53. The number of aromatic nitrogens is 1. The first-order chi connectivity index (χ1) is 13.9. The van der Waals surface area contributed by atoms with Crippen LogP contribution in [-0.4, -0.2) is 37.6 Å². The van der Waals surface area contributed by atoms with E-state index in [4.69, 9.17) is 9.47 Å². The van der Waals surface area contributed by atoms with Gasteiger partial charge in [0.05, 0.1) is 12.6 Å². The highest BCUT2D eigenvalue weighted by molar-refractivity contribution is 5.88. The number of alkyl halides is 4. The van der Waals surface area contributed by atoms with Gasteiger partial charge in [0.2, 0.25) is 0 Å². The first kappa shape index (κ1) is 21.0. The van der Waals surface area contributed by atoms with Crippen molar-refractivity contribution in [3.63, 3.8) is 0 Å². The molecule has 0 aliphatic carbocycles. The van der Waals surface area contributed by atoms with Gasteiger partial charge in [0.1, 0.15) is 11.5 Å². The van der Waals surface area contributed by atoms with Crippen molar-refractivity contribution in [2.24, 2.45) is 0 Å². The van der Waals surface area contributed by atoms with Gasteiger partial charge in [-0.2, -0.15) is 8.78 Å². The minimum atomic E-state index is -4.17. The highest BCUT2D eigenvalue weighted by atomic mass is 19.3. The van der Waals surface area contributed by atoms with Crippen LogP contribution in [0.15, 0.2) is 48.7 Å². The topological polar surface area (TPSA) is 46.3 Å². The van der Waals surface area contributed by atoms with Crippen LogP contribution in [0.5, 0.6) is 11.5 Å². The van der Waals surface area contributed by atoms with E-state index in [9.17, 15) is 17.6 Å². The van der Waals surface area contributed by atoms with Crippen LogP contribution in [0.25, 0.3) is 10.9 Å². The van der Waals surface area contributed by atoms with Crippen molar-refractivity contribution in [3.05, 3.63) is 59.8 Å². The summed E-state index contributed by atoms with van der Waals surface area (Å²) in [6.45, 7) is -0.168. The molecule has 3 aromatic rings. The summed E-state index contributed by atoms with van der Waals surface area (Å²) >= 11 is 0. The molecule has 0 amide bonds. The maximum absolute atomic E-state index is 13.0. The van der Waals surface area contributed by atoms with E-state index >= 15 is 0 Å². The normalized spacial score (nSPS) is 11.9. The molecule has 1 heterocycles. The van der Waals surface area contributed by atoms with Crippen molar-refractivity contribution in [2.45, 2.75) is 25.3 Å². The molecule has 0 aliphatic rings. The summed E-state index contributed by atoms with van der Waals surface area (Å²) in [5.41, 5.74) is 2.91. The highest BCUT2D eigenvalue weighted by Crippen LogP contribution is 2.27. The van der Waals surface area contributed by atoms with E-state index in [1.54, 1.807) is 19.2 Å². The van der Waals surface area contributed by atoms with E-state index in [1.165, 1.54) is 6.07 Å². The van der Waals surface area contributed by atoms with Gasteiger partial charge < -0.3 is 19.8 Å². The third-order valence-electron chi connectivity index (χ3n) is 4.53. The molecule has 0 unspecified atom stereocenters. The molecule has 3 rings (SSSR count). The first-order valence-corrected chi connectivity index (χ1v) is 9.12. The molecule has 29 heavy (non-hydrogen) atoms. The smallest absolute Gasteiger partial charge is 0.340 e. The number of rotatable bonds is 10. The van der Waals surface area contributed by atoms with Crippen molar-refractivity contribution >= 4 is 10.9 Å². The Morgan fingerprint density at radius 1 is 1.14 bits per heavy atom. The van der Waals surface area contributed by atoms with Crippen LogP contribution >= 0.6 is 0 Å². The number of halogens is 4. The molecule has 1 aromatic heterocycles. The van der Waals surface area contributed by atoms with E-state index in [-0.39, 0.29) is 5.75 Å². The fourth-order valence-corrected chi connectivity index (χ4v) is 3.01. The van der Waals surface area contributed by atoms with Crippen LogP contribution in [0.1, 0.15) is 11.1 Å². The molecule has 0 saturated heterocycles. The molecule has 4 nitrogen and oxygen atoms in total. The second-order valence-electron chi connectivity index (χ2n) is 6.62. The Labute approximate surface area is 165 Å². The fourth-order valence-electron chi connectivity index (χ4n) is 3.01. The van der Waals surface area contributed by atoms with Gasteiger partial charge in [0.15, 0.2) is 6.61 Å². The number of nitrogens with one attached hydrogen (secondary N) is 2. The van der Waals surface area contributed by atoms with Gasteiger partial charge in [-0.3, -0.25) is 0 Å². The number of H-pyrrole nitrogens is 1. The molecule has 0 fully saturated rings. The summed E-state index contributed by atoms with van der Waals surface area (Å²) in [5, 5.41) is 4.38. The minimum Gasteiger partial charge on any atom is -0.495 e. The number of para-hydroxylation sites is 1. The Bertz CT molecular complexity index is 943. The summed E-state index contributed by atoms with van der Waals surface area (Å²) in [6.07, 6.45) is -1.02. The van der Waals surface area contributed by atoms with Crippen LogP contribution in [0.2, 0.25) is 0 Å². The van der Waals surface area contributed by atoms with Gasteiger partial charge in [0.25, 0.3) is 0 Å². The van der Waals surface area contributed by atoms with E-state index in [1.807, 2.05) is 30.5 Å². The Kier molecular flexibility index (Phi) is 6.64.